The second-order valence-corrected chi connectivity index (χ2v) is 8.44. The highest BCUT2D eigenvalue weighted by molar-refractivity contribution is 7.89. The summed E-state index contributed by atoms with van der Waals surface area (Å²) < 4.78 is 27.5. The Kier molecular flexibility index (Phi) is 3.68. The van der Waals surface area contributed by atoms with Crippen LogP contribution in [0.15, 0.2) is 16.3 Å². The van der Waals surface area contributed by atoms with Crippen molar-refractivity contribution in [1.29, 1.82) is 0 Å². The lowest BCUT2D eigenvalue weighted by Gasteiger charge is -2.32. The molecule has 0 saturated heterocycles. The van der Waals surface area contributed by atoms with E-state index in [4.69, 9.17) is 0 Å². The SMILES string of the molecule is CC1CC(NS(=O)(=O)c2ccsc2CNC2CC2)C1. The van der Waals surface area contributed by atoms with Gasteiger partial charge in [0.1, 0.15) is 0 Å². The maximum Gasteiger partial charge on any atom is 0.241 e. The van der Waals surface area contributed by atoms with Crippen LogP contribution in [0.4, 0.5) is 0 Å². The molecule has 3 rings (SSSR count). The topological polar surface area (TPSA) is 58.2 Å². The summed E-state index contributed by atoms with van der Waals surface area (Å²) in [6, 6.07) is 2.45. The van der Waals surface area contributed by atoms with Gasteiger partial charge >= 0.3 is 0 Å². The van der Waals surface area contributed by atoms with Crippen LogP contribution in [-0.4, -0.2) is 20.5 Å². The van der Waals surface area contributed by atoms with Crippen LogP contribution in [0.3, 0.4) is 0 Å². The Morgan fingerprint density at radius 2 is 2.05 bits per heavy atom. The quantitative estimate of drug-likeness (QED) is 0.845. The molecule has 2 saturated carbocycles. The van der Waals surface area contributed by atoms with E-state index in [0.29, 0.717) is 23.4 Å². The minimum Gasteiger partial charge on any atom is -0.309 e. The van der Waals surface area contributed by atoms with Crippen molar-refractivity contribution in [3.05, 3.63) is 16.3 Å². The van der Waals surface area contributed by atoms with E-state index in [1.807, 2.05) is 5.38 Å². The second kappa shape index (κ2) is 5.16. The summed E-state index contributed by atoms with van der Waals surface area (Å²) in [6.07, 6.45) is 4.34. The van der Waals surface area contributed by atoms with Crippen molar-refractivity contribution in [2.24, 2.45) is 5.92 Å². The molecule has 2 aliphatic carbocycles. The van der Waals surface area contributed by atoms with Gasteiger partial charge in [-0.2, -0.15) is 0 Å². The summed E-state index contributed by atoms with van der Waals surface area (Å²) in [7, 11) is -3.34. The molecule has 2 fully saturated rings. The van der Waals surface area contributed by atoms with Gasteiger partial charge in [0.25, 0.3) is 0 Å². The van der Waals surface area contributed by atoms with E-state index in [-0.39, 0.29) is 6.04 Å². The van der Waals surface area contributed by atoms with Crippen molar-refractivity contribution in [3.63, 3.8) is 0 Å². The molecule has 19 heavy (non-hydrogen) atoms. The summed E-state index contributed by atoms with van der Waals surface area (Å²) >= 11 is 1.52. The van der Waals surface area contributed by atoms with Crippen molar-refractivity contribution in [3.8, 4) is 0 Å². The van der Waals surface area contributed by atoms with Gasteiger partial charge in [0.15, 0.2) is 0 Å². The lowest BCUT2D eigenvalue weighted by atomic mass is 9.83. The number of nitrogens with one attached hydrogen (secondary N) is 2. The number of rotatable bonds is 6. The maximum atomic E-state index is 12.4. The molecule has 0 radical (unpaired) electrons. The smallest absolute Gasteiger partial charge is 0.241 e. The normalized spacial score (nSPS) is 27.2. The lowest BCUT2D eigenvalue weighted by Crippen LogP contribution is -2.43. The molecule has 0 atom stereocenters. The molecule has 1 heterocycles. The molecule has 1 aromatic rings. The summed E-state index contributed by atoms with van der Waals surface area (Å²) in [5.74, 6) is 0.645. The van der Waals surface area contributed by atoms with E-state index in [0.717, 1.165) is 17.7 Å². The van der Waals surface area contributed by atoms with Gasteiger partial charge in [-0.1, -0.05) is 6.92 Å². The van der Waals surface area contributed by atoms with E-state index in [1.165, 1.54) is 24.2 Å². The molecular weight excluding hydrogens is 280 g/mol. The molecule has 2 aliphatic rings. The molecule has 1 aromatic heterocycles. The predicted octanol–water partition coefficient (Wildman–Crippen LogP) is 2.08. The van der Waals surface area contributed by atoms with E-state index in [9.17, 15) is 8.42 Å². The first-order valence-corrected chi connectivity index (χ1v) is 9.23. The van der Waals surface area contributed by atoms with Gasteiger partial charge < -0.3 is 5.32 Å². The zero-order valence-corrected chi connectivity index (χ0v) is 12.7. The summed E-state index contributed by atoms with van der Waals surface area (Å²) in [6.45, 7) is 2.82. The fraction of sp³-hybridized carbons (Fsp3) is 0.692. The highest BCUT2D eigenvalue weighted by Crippen LogP contribution is 2.30. The fourth-order valence-electron chi connectivity index (χ4n) is 2.50. The molecule has 0 aliphatic heterocycles. The van der Waals surface area contributed by atoms with Crippen molar-refractivity contribution in [2.45, 2.75) is 56.1 Å². The van der Waals surface area contributed by atoms with Crippen LogP contribution in [0.1, 0.15) is 37.5 Å². The molecule has 0 unspecified atom stereocenters. The zero-order valence-electron chi connectivity index (χ0n) is 11.1. The highest BCUT2D eigenvalue weighted by atomic mass is 32.2. The van der Waals surface area contributed by atoms with Gasteiger partial charge in [-0.15, -0.1) is 11.3 Å². The van der Waals surface area contributed by atoms with Gasteiger partial charge in [0, 0.05) is 23.5 Å². The third kappa shape index (κ3) is 3.18. The van der Waals surface area contributed by atoms with Gasteiger partial charge in [-0.05, 0) is 43.0 Å². The summed E-state index contributed by atoms with van der Waals surface area (Å²) in [5, 5.41) is 5.24. The lowest BCUT2D eigenvalue weighted by molar-refractivity contribution is 0.270. The minimum atomic E-state index is -3.34. The van der Waals surface area contributed by atoms with Crippen LogP contribution in [0.25, 0.3) is 0 Å². The predicted molar refractivity (Wildman–Crippen MR) is 76.7 cm³/mol. The Balaban J connectivity index is 1.67. The van der Waals surface area contributed by atoms with Crippen LogP contribution in [0.5, 0.6) is 0 Å². The first-order chi connectivity index (χ1) is 9.04. The highest BCUT2D eigenvalue weighted by Gasteiger charge is 2.31. The average Bonchev–Trinajstić information content (AvgIpc) is 3.00. The molecule has 6 heteroatoms. The van der Waals surface area contributed by atoms with Crippen molar-refractivity contribution >= 4 is 21.4 Å². The average molecular weight is 300 g/mol. The number of hydrogen-bond donors (Lipinski definition) is 2. The zero-order chi connectivity index (χ0) is 13.5. The minimum absolute atomic E-state index is 0.129. The Labute approximate surface area is 118 Å². The standard InChI is InChI=1S/C13H20N2O2S2/c1-9-6-11(7-9)15-19(16,17)13-4-5-18-12(13)8-14-10-2-3-10/h4-5,9-11,14-15H,2-3,6-8H2,1H3. The molecule has 0 spiro atoms. The fourth-order valence-corrected chi connectivity index (χ4v) is 5.16. The van der Waals surface area contributed by atoms with Crippen molar-refractivity contribution < 1.29 is 8.42 Å². The second-order valence-electron chi connectivity index (χ2n) is 5.76. The van der Waals surface area contributed by atoms with E-state index in [1.54, 1.807) is 6.07 Å². The summed E-state index contributed by atoms with van der Waals surface area (Å²) in [5.41, 5.74) is 0. The van der Waals surface area contributed by atoms with Crippen LogP contribution < -0.4 is 10.0 Å². The Morgan fingerprint density at radius 3 is 2.68 bits per heavy atom. The first kappa shape index (κ1) is 13.5. The van der Waals surface area contributed by atoms with Crippen molar-refractivity contribution in [1.82, 2.24) is 10.0 Å². The monoisotopic (exact) mass is 300 g/mol. The van der Waals surface area contributed by atoms with Gasteiger partial charge in [0.05, 0.1) is 4.90 Å². The Bertz CT molecular complexity index is 543. The Hall–Kier alpha value is -0.430. The number of sulfonamides is 1. The van der Waals surface area contributed by atoms with Crippen LogP contribution in [0.2, 0.25) is 0 Å². The summed E-state index contributed by atoms with van der Waals surface area (Å²) in [4.78, 5) is 1.39. The maximum absolute atomic E-state index is 12.4. The van der Waals surface area contributed by atoms with Gasteiger partial charge in [-0.25, -0.2) is 13.1 Å². The molecular formula is C13H20N2O2S2. The van der Waals surface area contributed by atoms with Crippen LogP contribution in [0, 0.1) is 5.92 Å². The van der Waals surface area contributed by atoms with E-state index >= 15 is 0 Å². The van der Waals surface area contributed by atoms with Crippen LogP contribution in [-0.2, 0) is 16.6 Å². The molecule has 2 N–H and O–H groups in total. The van der Waals surface area contributed by atoms with Gasteiger partial charge in [-0.3, -0.25) is 0 Å². The van der Waals surface area contributed by atoms with Crippen molar-refractivity contribution in [2.75, 3.05) is 0 Å². The third-order valence-electron chi connectivity index (χ3n) is 3.82. The molecule has 4 nitrogen and oxygen atoms in total. The number of hydrogen-bond acceptors (Lipinski definition) is 4. The first-order valence-electron chi connectivity index (χ1n) is 6.86. The van der Waals surface area contributed by atoms with Crippen LogP contribution >= 0.6 is 11.3 Å². The molecule has 0 bridgehead atoms. The van der Waals surface area contributed by atoms with E-state index < -0.39 is 10.0 Å². The number of thiophene rings is 1. The molecule has 0 aromatic carbocycles. The molecule has 106 valence electrons. The third-order valence-corrected chi connectivity index (χ3v) is 6.47. The largest absolute Gasteiger partial charge is 0.309 e. The molecule has 0 amide bonds. The van der Waals surface area contributed by atoms with Gasteiger partial charge in [0.2, 0.25) is 10.0 Å². The van der Waals surface area contributed by atoms with E-state index in [2.05, 4.69) is 17.0 Å². The Morgan fingerprint density at radius 1 is 1.32 bits per heavy atom.